The van der Waals surface area contributed by atoms with Crippen LogP contribution in [-0.4, -0.2) is 62.9 Å². The van der Waals surface area contributed by atoms with Gasteiger partial charge in [0.15, 0.2) is 0 Å². The molecule has 1 atom stereocenters. The van der Waals surface area contributed by atoms with Crippen molar-refractivity contribution in [1.82, 2.24) is 14.4 Å². The molecule has 0 spiro atoms. The maximum absolute atomic E-state index is 12.8. The summed E-state index contributed by atoms with van der Waals surface area (Å²) in [6.45, 7) is 2.56. The Morgan fingerprint density at radius 3 is 2.67 bits per heavy atom. The van der Waals surface area contributed by atoms with Crippen LogP contribution in [0.15, 0.2) is 36.5 Å². The maximum atomic E-state index is 12.8. The Hall–Kier alpha value is -2.83. The lowest BCUT2D eigenvalue weighted by Gasteiger charge is -2.29. The molecule has 1 aliphatic rings. The van der Waals surface area contributed by atoms with Crippen molar-refractivity contribution in [2.24, 2.45) is 0 Å². The third kappa shape index (κ3) is 4.48. The number of carbonyl (C=O) groups excluding carboxylic acids is 2. The summed E-state index contributed by atoms with van der Waals surface area (Å²) in [4.78, 5) is 38.9. The Bertz CT molecular complexity index is 845. The van der Waals surface area contributed by atoms with Gasteiger partial charge in [-0.1, -0.05) is 18.2 Å². The monoisotopic (exact) mass is 371 g/mol. The van der Waals surface area contributed by atoms with E-state index in [1.54, 1.807) is 0 Å². The Kier molecular flexibility index (Phi) is 5.78. The summed E-state index contributed by atoms with van der Waals surface area (Å²) < 4.78 is 1.95. The minimum Gasteiger partial charge on any atom is -0.480 e. The molecule has 1 aromatic heterocycles. The van der Waals surface area contributed by atoms with E-state index in [0.717, 1.165) is 17.3 Å². The van der Waals surface area contributed by atoms with Gasteiger partial charge in [-0.2, -0.15) is 0 Å². The van der Waals surface area contributed by atoms with E-state index < -0.39 is 5.97 Å². The average molecular weight is 371 g/mol. The molecule has 1 unspecified atom stereocenters. The molecule has 0 saturated carbocycles. The number of hydrogen-bond acceptors (Lipinski definition) is 3. The van der Waals surface area contributed by atoms with E-state index in [4.69, 9.17) is 5.11 Å². The Morgan fingerprint density at radius 1 is 1.15 bits per heavy atom. The Morgan fingerprint density at radius 2 is 1.93 bits per heavy atom. The molecule has 0 radical (unpaired) electrons. The highest BCUT2D eigenvalue weighted by Gasteiger charge is 2.27. The fourth-order valence-corrected chi connectivity index (χ4v) is 3.81. The highest BCUT2D eigenvalue weighted by Crippen LogP contribution is 2.19. The van der Waals surface area contributed by atoms with E-state index in [9.17, 15) is 14.4 Å². The van der Waals surface area contributed by atoms with Crippen molar-refractivity contribution < 1.29 is 19.5 Å². The molecule has 1 fully saturated rings. The SMILES string of the molecule is CC(=O)N(CC(=O)O)C1CCCN(C(=O)Cn2ccc3ccccc32)CC1. The highest BCUT2D eigenvalue weighted by molar-refractivity contribution is 5.83. The van der Waals surface area contributed by atoms with Crippen molar-refractivity contribution in [2.45, 2.75) is 38.8 Å². The van der Waals surface area contributed by atoms with E-state index in [2.05, 4.69) is 0 Å². The number of rotatable bonds is 5. The summed E-state index contributed by atoms with van der Waals surface area (Å²) in [6, 6.07) is 9.81. The molecular formula is C20H25N3O4. The molecule has 1 N–H and O–H groups in total. The van der Waals surface area contributed by atoms with Gasteiger partial charge >= 0.3 is 5.97 Å². The van der Waals surface area contributed by atoms with Crippen LogP contribution < -0.4 is 0 Å². The molecule has 2 amide bonds. The second-order valence-electron chi connectivity index (χ2n) is 7.01. The van der Waals surface area contributed by atoms with Crippen molar-refractivity contribution in [3.8, 4) is 0 Å². The van der Waals surface area contributed by atoms with E-state index in [1.165, 1.54) is 11.8 Å². The number of carboxylic acids is 1. The van der Waals surface area contributed by atoms with Gasteiger partial charge in [-0.05, 0) is 36.8 Å². The van der Waals surface area contributed by atoms with Crippen LogP contribution in [0.3, 0.4) is 0 Å². The van der Waals surface area contributed by atoms with Crippen LogP contribution >= 0.6 is 0 Å². The number of aliphatic carboxylic acids is 1. The normalized spacial score (nSPS) is 17.5. The Balaban J connectivity index is 1.64. The summed E-state index contributed by atoms with van der Waals surface area (Å²) in [7, 11) is 0. The average Bonchev–Trinajstić information content (AvgIpc) is 2.87. The number of para-hydroxylation sites is 1. The molecule has 7 heteroatoms. The number of fused-ring (bicyclic) bond motifs is 1. The van der Waals surface area contributed by atoms with Crippen molar-refractivity contribution in [2.75, 3.05) is 19.6 Å². The number of carbonyl (C=O) groups is 3. The smallest absolute Gasteiger partial charge is 0.323 e. The molecule has 27 heavy (non-hydrogen) atoms. The molecule has 2 heterocycles. The quantitative estimate of drug-likeness (QED) is 0.871. The summed E-state index contributed by atoms with van der Waals surface area (Å²) >= 11 is 0. The van der Waals surface area contributed by atoms with Crippen LogP contribution in [0.5, 0.6) is 0 Å². The van der Waals surface area contributed by atoms with E-state index >= 15 is 0 Å². The number of nitrogens with zero attached hydrogens (tertiary/aromatic N) is 3. The number of aromatic nitrogens is 1. The highest BCUT2D eigenvalue weighted by atomic mass is 16.4. The van der Waals surface area contributed by atoms with Crippen LogP contribution in [0.2, 0.25) is 0 Å². The summed E-state index contributed by atoms with van der Waals surface area (Å²) in [5.41, 5.74) is 1.03. The van der Waals surface area contributed by atoms with Crippen LogP contribution in [0, 0.1) is 0 Å². The van der Waals surface area contributed by atoms with Gasteiger partial charge in [-0.25, -0.2) is 0 Å². The number of benzene rings is 1. The predicted molar refractivity (Wildman–Crippen MR) is 101 cm³/mol. The van der Waals surface area contributed by atoms with Gasteiger partial charge in [0.05, 0.1) is 0 Å². The van der Waals surface area contributed by atoms with Gasteiger partial charge in [-0.15, -0.1) is 0 Å². The van der Waals surface area contributed by atoms with Crippen LogP contribution in [-0.2, 0) is 20.9 Å². The summed E-state index contributed by atoms with van der Waals surface area (Å²) in [6.07, 6.45) is 3.99. The molecule has 0 aliphatic carbocycles. The third-order valence-electron chi connectivity index (χ3n) is 5.19. The standard InChI is InChI=1S/C20H25N3O4/c1-15(24)23(14-20(26)27)17-6-4-10-21(12-9-17)19(25)13-22-11-8-16-5-2-3-7-18(16)22/h2-3,5,7-8,11,17H,4,6,9-10,12-14H2,1H3,(H,26,27). The lowest BCUT2D eigenvalue weighted by Crippen LogP contribution is -2.43. The van der Waals surface area contributed by atoms with Gasteiger partial charge < -0.3 is 19.5 Å². The minimum absolute atomic E-state index is 0.0459. The molecule has 3 rings (SSSR count). The van der Waals surface area contributed by atoms with Crippen molar-refractivity contribution in [3.05, 3.63) is 36.5 Å². The molecule has 144 valence electrons. The van der Waals surface area contributed by atoms with Gasteiger partial charge in [0.2, 0.25) is 11.8 Å². The molecule has 7 nitrogen and oxygen atoms in total. The van der Waals surface area contributed by atoms with Gasteiger partial charge in [0.25, 0.3) is 0 Å². The second kappa shape index (κ2) is 8.24. The zero-order chi connectivity index (χ0) is 19.4. The number of amides is 2. The maximum Gasteiger partial charge on any atom is 0.323 e. The molecule has 1 aliphatic heterocycles. The van der Waals surface area contributed by atoms with Gasteiger partial charge in [0, 0.05) is 37.8 Å². The largest absolute Gasteiger partial charge is 0.480 e. The van der Waals surface area contributed by atoms with Crippen molar-refractivity contribution >= 4 is 28.7 Å². The molecular weight excluding hydrogens is 346 g/mol. The predicted octanol–water partition coefficient (Wildman–Crippen LogP) is 1.96. The lowest BCUT2D eigenvalue weighted by atomic mass is 10.1. The van der Waals surface area contributed by atoms with Crippen LogP contribution in [0.25, 0.3) is 10.9 Å². The number of hydrogen-bond donors (Lipinski definition) is 1. The van der Waals surface area contributed by atoms with E-state index in [0.29, 0.717) is 25.9 Å². The topological polar surface area (TPSA) is 82.8 Å². The van der Waals surface area contributed by atoms with E-state index in [-0.39, 0.29) is 30.9 Å². The van der Waals surface area contributed by atoms with Crippen molar-refractivity contribution in [3.63, 3.8) is 0 Å². The van der Waals surface area contributed by atoms with Gasteiger partial charge in [-0.3, -0.25) is 14.4 Å². The second-order valence-corrected chi connectivity index (χ2v) is 7.01. The lowest BCUT2D eigenvalue weighted by molar-refractivity contribution is -0.145. The third-order valence-corrected chi connectivity index (χ3v) is 5.19. The molecule has 0 bridgehead atoms. The summed E-state index contributed by atoms with van der Waals surface area (Å²) in [5, 5.41) is 10.1. The minimum atomic E-state index is -1.01. The molecule has 1 saturated heterocycles. The van der Waals surface area contributed by atoms with Crippen LogP contribution in [0.4, 0.5) is 0 Å². The first-order chi connectivity index (χ1) is 13.0. The first kappa shape index (κ1) is 18.9. The van der Waals surface area contributed by atoms with Gasteiger partial charge in [0.1, 0.15) is 13.1 Å². The number of likely N-dealkylation sites (tertiary alicyclic amines) is 1. The zero-order valence-corrected chi connectivity index (χ0v) is 15.5. The summed E-state index contributed by atoms with van der Waals surface area (Å²) in [5.74, 6) is -1.20. The zero-order valence-electron chi connectivity index (χ0n) is 15.5. The molecule has 1 aromatic carbocycles. The van der Waals surface area contributed by atoms with Crippen molar-refractivity contribution in [1.29, 1.82) is 0 Å². The first-order valence-electron chi connectivity index (χ1n) is 9.26. The fraction of sp³-hybridized carbons (Fsp3) is 0.450. The first-order valence-corrected chi connectivity index (χ1v) is 9.26. The van der Waals surface area contributed by atoms with Crippen LogP contribution in [0.1, 0.15) is 26.2 Å². The molecule has 2 aromatic rings. The Labute approximate surface area is 158 Å². The van der Waals surface area contributed by atoms with E-state index in [1.807, 2.05) is 46.0 Å². The number of carboxylic acid groups (broad SMARTS) is 1. The fourth-order valence-electron chi connectivity index (χ4n) is 3.81.